The molecule has 3 nitrogen and oxygen atoms in total. The van der Waals surface area contributed by atoms with Crippen molar-refractivity contribution in [2.24, 2.45) is 0 Å². The minimum atomic E-state index is -0.0212. The molecule has 0 saturated carbocycles. The van der Waals surface area contributed by atoms with Crippen molar-refractivity contribution in [2.75, 3.05) is 26.2 Å². The lowest BCUT2D eigenvalue weighted by Gasteiger charge is -2.39. The van der Waals surface area contributed by atoms with E-state index in [0.717, 1.165) is 41.8 Å². The smallest absolute Gasteiger partial charge is 0.127 e. The average Bonchev–Trinajstić information content (AvgIpc) is 2.72. The van der Waals surface area contributed by atoms with Crippen LogP contribution in [0.5, 0.6) is 0 Å². The normalized spacial score (nSPS) is 18.0. The molecule has 0 radical (unpaired) electrons. The van der Waals surface area contributed by atoms with Crippen LogP contribution in [0, 0.1) is 19.3 Å². The van der Waals surface area contributed by atoms with Gasteiger partial charge in [-0.3, -0.25) is 4.90 Å². The van der Waals surface area contributed by atoms with Crippen LogP contribution in [-0.2, 0) is 5.54 Å². The van der Waals surface area contributed by atoms with E-state index < -0.39 is 0 Å². The first kappa shape index (κ1) is 12.6. The van der Waals surface area contributed by atoms with Gasteiger partial charge in [0.1, 0.15) is 10.7 Å². The second kappa shape index (κ2) is 4.77. The van der Waals surface area contributed by atoms with Gasteiger partial charge < -0.3 is 5.32 Å². The summed E-state index contributed by atoms with van der Waals surface area (Å²) >= 11 is 1.72. The summed E-state index contributed by atoms with van der Waals surface area (Å²) < 4.78 is 0. The van der Waals surface area contributed by atoms with Crippen molar-refractivity contribution in [2.45, 2.75) is 26.3 Å². The van der Waals surface area contributed by atoms with Gasteiger partial charge in [0.2, 0.25) is 0 Å². The van der Waals surface area contributed by atoms with Crippen molar-refractivity contribution in [1.82, 2.24) is 15.2 Å². The van der Waals surface area contributed by atoms with Gasteiger partial charge in [-0.2, -0.15) is 0 Å². The van der Waals surface area contributed by atoms with Gasteiger partial charge in [-0.1, -0.05) is 0 Å². The molecule has 17 heavy (non-hydrogen) atoms. The summed E-state index contributed by atoms with van der Waals surface area (Å²) in [4.78, 5) is 8.21. The fourth-order valence-corrected chi connectivity index (χ4v) is 3.16. The van der Waals surface area contributed by atoms with Gasteiger partial charge in [0.25, 0.3) is 0 Å². The largest absolute Gasteiger partial charge is 0.314 e. The maximum atomic E-state index is 5.46. The third kappa shape index (κ3) is 2.37. The molecular weight excluding hydrogens is 230 g/mol. The highest BCUT2D eigenvalue weighted by Gasteiger charge is 2.32. The average molecular weight is 249 g/mol. The second-order valence-corrected chi connectivity index (χ2v) is 6.07. The molecule has 0 amide bonds. The summed E-state index contributed by atoms with van der Waals surface area (Å²) in [6.07, 6.45) is 5.46. The Kier molecular flexibility index (Phi) is 3.53. The summed E-state index contributed by atoms with van der Waals surface area (Å²) in [6, 6.07) is 0. The molecule has 0 atom stereocenters. The van der Waals surface area contributed by atoms with E-state index in [4.69, 9.17) is 6.42 Å². The molecule has 1 N–H and O–H groups in total. The number of thiazole rings is 1. The van der Waals surface area contributed by atoms with Gasteiger partial charge in [-0.05, 0) is 26.7 Å². The van der Waals surface area contributed by atoms with Crippen molar-refractivity contribution in [3.63, 3.8) is 0 Å². The highest BCUT2D eigenvalue weighted by atomic mass is 32.1. The molecule has 2 rings (SSSR count). The van der Waals surface area contributed by atoms with Crippen LogP contribution < -0.4 is 5.32 Å². The van der Waals surface area contributed by atoms with Crippen LogP contribution in [0.15, 0.2) is 0 Å². The predicted octanol–water partition coefficient (Wildman–Crippen LogP) is 1.57. The van der Waals surface area contributed by atoms with E-state index in [1.165, 1.54) is 0 Å². The van der Waals surface area contributed by atoms with Crippen molar-refractivity contribution < 1.29 is 0 Å². The zero-order valence-corrected chi connectivity index (χ0v) is 11.5. The number of hydrogen-bond acceptors (Lipinski definition) is 4. The van der Waals surface area contributed by atoms with Gasteiger partial charge in [-0.25, -0.2) is 4.98 Å². The summed E-state index contributed by atoms with van der Waals surface area (Å²) in [5.74, 6) is 2.66. The fourth-order valence-electron chi connectivity index (χ4n) is 2.15. The number of aryl methyl sites for hydroxylation is 1. The van der Waals surface area contributed by atoms with Crippen LogP contribution >= 0.6 is 11.3 Å². The number of nitrogens with zero attached hydrogens (tertiary/aromatic N) is 2. The highest BCUT2D eigenvalue weighted by molar-refractivity contribution is 7.11. The Bertz CT molecular complexity index is 436. The molecular formula is C13H19N3S. The lowest BCUT2D eigenvalue weighted by molar-refractivity contribution is 0.102. The molecule has 0 aromatic carbocycles. The Balaban J connectivity index is 2.26. The number of nitrogens with one attached hydrogen (secondary N) is 1. The topological polar surface area (TPSA) is 28.2 Å². The van der Waals surface area contributed by atoms with Crippen molar-refractivity contribution in [3.05, 3.63) is 15.6 Å². The predicted molar refractivity (Wildman–Crippen MR) is 72.3 cm³/mol. The van der Waals surface area contributed by atoms with Gasteiger partial charge in [-0.15, -0.1) is 17.8 Å². The molecule has 0 aliphatic carbocycles. The highest BCUT2D eigenvalue weighted by Crippen LogP contribution is 2.32. The number of piperazine rings is 1. The number of aromatic nitrogens is 1. The Morgan fingerprint density at radius 1 is 1.41 bits per heavy atom. The van der Waals surface area contributed by atoms with Crippen LogP contribution in [0.25, 0.3) is 0 Å². The maximum Gasteiger partial charge on any atom is 0.127 e. The minimum Gasteiger partial charge on any atom is -0.314 e. The van der Waals surface area contributed by atoms with Crippen LogP contribution in [0.2, 0.25) is 0 Å². The zero-order chi connectivity index (χ0) is 12.5. The maximum absolute atomic E-state index is 5.46. The number of rotatable bonds is 2. The molecule has 4 heteroatoms. The SMILES string of the molecule is C#Cc1nc(C(C)(C)N2CCNCC2)sc1C. The fraction of sp³-hybridized carbons (Fsp3) is 0.615. The molecule has 1 fully saturated rings. The third-order valence-electron chi connectivity index (χ3n) is 3.36. The summed E-state index contributed by atoms with van der Waals surface area (Å²) in [6.45, 7) is 10.7. The molecule has 1 saturated heterocycles. The van der Waals surface area contributed by atoms with Gasteiger partial charge in [0, 0.05) is 31.1 Å². The first-order valence-electron chi connectivity index (χ1n) is 5.96. The molecule has 92 valence electrons. The van der Waals surface area contributed by atoms with Gasteiger partial charge in [0.05, 0.1) is 5.54 Å². The summed E-state index contributed by atoms with van der Waals surface area (Å²) in [5, 5.41) is 4.50. The van der Waals surface area contributed by atoms with Gasteiger partial charge >= 0.3 is 0 Å². The van der Waals surface area contributed by atoms with E-state index in [2.05, 4.69) is 35.0 Å². The quantitative estimate of drug-likeness (QED) is 0.807. The van der Waals surface area contributed by atoms with Crippen LogP contribution in [0.3, 0.4) is 0 Å². The molecule has 2 heterocycles. The van der Waals surface area contributed by atoms with E-state index in [1.807, 2.05) is 6.92 Å². The van der Waals surface area contributed by atoms with Crippen molar-refractivity contribution in [1.29, 1.82) is 0 Å². The van der Waals surface area contributed by atoms with E-state index in [0.29, 0.717) is 0 Å². The lowest BCUT2D eigenvalue weighted by atomic mass is 10.0. The van der Waals surface area contributed by atoms with E-state index in [1.54, 1.807) is 11.3 Å². The molecule has 0 unspecified atom stereocenters. The zero-order valence-electron chi connectivity index (χ0n) is 10.7. The molecule has 0 spiro atoms. The summed E-state index contributed by atoms with van der Waals surface area (Å²) in [7, 11) is 0. The molecule has 1 aliphatic rings. The van der Waals surface area contributed by atoms with Crippen LogP contribution in [-0.4, -0.2) is 36.1 Å². The van der Waals surface area contributed by atoms with Crippen molar-refractivity contribution in [3.8, 4) is 12.3 Å². The van der Waals surface area contributed by atoms with E-state index >= 15 is 0 Å². The number of terminal acetylenes is 1. The van der Waals surface area contributed by atoms with Crippen LogP contribution in [0.4, 0.5) is 0 Å². The first-order chi connectivity index (χ1) is 8.05. The van der Waals surface area contributed by atoms with Gasteiger partial charge in [0.15, 0.2) is 0 Å². The van der Waals surface area contributed by atoms with E-state index in [9.17, 15) is 0 Å². The monoisotopic (exact) mass is 249 g/mol. The minimum absolute atomic E-state index is 0.0212. The Hall–Kier alpha value is -0.890. The first-order valence-corrected chi connectivity index (χ1v) is 6.77. The van der Waals surface area contributed by atoms with Crippen molar-refractivity contribution >= 4 is 11.3 Å². The molecule has 1 aromatic heterocycles. The Labute approximate surface area is 107 Å². The van der Waals surface area contributed by atoms with Crippen LogP contribution in [0.1, 0.15) is 29.4 Å². The Morgan fingerprint density at radius 2 is 2.06 bits per heavy atom. The second-order valence-electron chi connectivity index (χ2n) is 4.86. The summed E-state index contributed by atoms with van der Waals surface area (Å²) in [5.41, 5.74) is 0.778. The molecule has 1 aromatic rings. The Morgan fingerprint density at radius 3 is 2.59 bits per heavy atom. The molecule has 1 aliphatic heterocycles. The number of hydrogen-bond donors (Lipinski definition) is 1. The lowest BCUT2D eigenvalue weighted by Crippen LogP contribution is -2.51. The molecule has 0 bridgehead atoms. The third-order valence-corrected chi connectivity index (χ3v) is 4.65. The van der Waals surface area contributed by atoms with E-state index in [-0.39, 0.29) is 5.54 Å². The standard InChI is InChI=1S/C13H19N3S/c1-5-11-10(2)17-12(15-11)13(3,4)16-8-6-14-7-9-16/h1,14H,6-9H2,2-4H3.